The molecule has 0 unspecified atom stereocenters. The Morgan fingerprint density at radius 3 is 1.85 bits per heavy atom. The molecule has 0 saturated heterocycles. The Bertz CT molecular complexity index is 199. The summed E-state index contributed by atoms with van der Waals surface area (Å²) in [7, 11) is -4.85. The van der Waals surface area contributed by atoms with Gasteiger partial charge in [-0.2, -0.15) is 0 Å². The standard InChI is InChI=1S/C6H13F2O4P/c1-3-6(4-2,5(7)8)12-13(9,10)11/h5H,3-4H2,1-2H3,(H2,9,10,11). The fourth-order valence-corrected chi connectivity index (χ4v) is 1.78. The van der Waals surface area contributed by atoms with Crippen molar-refractivity contribution in [2.45, 2.75) is 38.7 Å². The maximum Gasteiger partial charge on any atom is 0.470 e. The topological polar surface area (TPSA) is 66.8 Å². The van der Waals surface area contributed by atoms with E-state index in [1.54, 1.807) is 0 Å². The molecule has 0 saturated carbocycles. The van der Waals surface area contributed by atoms with Crippen molar-refractivity contribution in [3.63, 3.8) is 0 Å². The molecule has 80 valence electrons. The minimum absolute atomic E-state index is 0.147. The number of hydrogen-bond donors (Lipinski definition) is 2. The maximum absolute atomic E-state index is 12.4. The molecule has 0 bridgehead atoms. The highest BCUT2D eigenvalue weighted by molar-refractivity contribution is 7.46. The van der Waals surface area contributed by atoms with Crippen molar-refractivity contribution in [1.29, 1.82) is 0 Å². The lowest BCUT2D eigenvalue weighted by Crippen LogP contribution is -2.38. The van der Waals surface area contributed by atoms with Gasteiger partial charge < -0.3 is 9.79 Å². The highest BCUT2D eigenvalue weighted by Crippen LogP contribution is 2.46. The molecule has 0 aromatic carbocycles. The summed E-state index contributed by atoms with van der Waals surface area (Å²) in [5, 5.41) is 0. The predicted molar refractivity (Wildman–Crippen MR) is 42.4 cm³/mol. The average Bonchev–Trinajstić information content (AvgIpc) is 1.98. The van der Waals surface area contributed by atoms with Gasteiger partial charge in [-0.15, -0.1) is 0 Å². The summed E-state index contributed by atoms with van der Waals surface area (Å²) >= 11 is 0. The second-order valence-electron chi connectivity index (χ2n) is 2.65. The summed E-state index contributed by atoms with van der Waals surface area (Å²) in [6.45, 7) is 2.79. The molecule has 0 aromatic rings. The monoisotopic (exact) mass is 218 g/mol. The molecule has 0 aliphatic rings. The van der Waals surface area contributed by atoms with Crippen LogP contribution < -0.4 is 0 Å². The number of rotatable bonds is 5. The van der Waals surface area contributed by atoms with Gasteiger partial charge in [-0.25, -0.2) is 13.3 Å². The number of alkyl halides is 2. The van der Waals surface area contributed by atoms with E-state index in [1.807, 2.05) is 0 Å². The van der Waals surface area contributed by atoms with Crippen LogP contribution in [-0.4, -0.2) is 21.8 Å². The van der Waals surface area contributed by atoms with Gasteiger partial charge in [0.15, 0.2) is 0 Å². The van der Waals surface area contributed by atoms with Gasteiger partial charge in [0.1, 0.15) is 5.60 Å². The third kappa shape index (κ3) is 3.68. The lowest BCUT2D eigenvalue weighted by atomic mass is 9.99. The molecule has 0 spiro atoms. The van der Waals surface area contributed by atoms with E-state index in [-0.39, 0.29) is 12.8 Å². The quantitative estimate of drug-likeness (QED) is 0.692. The molecule has 0 aromatic heterocycles. The van der Waals surface area contributed by atoms with Crippen LogP contribution in [0.3, 0.4) is 0 Å². The Labute approximate surface area is 75.1 Å². The molecule has 0 aliphatic carbocycles. The Morgan fingerprint density at radius 1 is 1.38 bits per heavy atom. The van der Waals surface area contributed by atoms with Crippen molar-refractivity contribution in [1.82, 2.24) is 0 Å². The first-order chi connectivity index (χ1) is 5.77. The summed E-state index contributed by atoms with van der Waals surface area (Å²) in [5.74, 6) is 0. The van der Waals surface area contributed by atoms with E-state index in [0.29, 0.717) is 0 Å². The highest BCUT2D eigenvalue weighted by Gasteiger charge is 2.43. The van der Waals surface area contributed by atoms with Crippen molar-refractivity contribution in [3.05, 3.63) is 0 Å². The number of phosphoric acid groups is 1. The fraction of sp³-hybridized carbons (Fsp3) is 1.00. The van der Waals surface area contributed by atoms with E-state index in [9.17, 15) is 13.3 Å². The zero-order chi connectivity index (χ0) is 10.7. The molecular weight excluding hydrogens is 205 g/mol. The van der Waals surface area contributed by atoms with Crippen LogP contribution in [-0.2, 0) is 9.09 Å². The fourth-order valence-electron chi connectivity index (χ4n) is 0.964. The zero-order valence-electron chi connectivity index (χ0n) is 7.41. The van der Waals surface area contributed by atoms with E-state index in [2.05, 4.69) is 4.52 Å². The van der Waals surface area contributed by atoms with E-state index in [1.165, 1.54) is 13.8 Å². The first-order valence-corrected chi connectivity index (χ1v) is 5.35. The highest BCUT2D eigenvalue weighted by atomic mass is 31.2. The molecule has 0 fully saturated rings. The van der Waals surface area contributed by atoms with Gasteiger partial charge >= 0.3 is 7.82 Å². The van der Waals surface area contributed by atoms with Crippen LogP contribution in [0, 0.1) is 0 Å². The van der Waals surface area contributed by atoms with Crippen molar-refractivity contribution in [2.75, 3.05) is 0 Å². The largest absolute Gasteiger partial charge is 0.470 e. The van der Waals surface area contributed by atoms with Crippen LogP contribution in [0.4, 0.5) is 8.78 Å². The maximum atomic E-state index is 12.4. The molecule has 4 nitrogen and oxygen atoms in total. The Hall–Kier alpha value is -0.0300. The van der Waals surface area contributed by atoms with Crippen LogP contribution in [0.15, 0.2) is 0 Å². The summed E-state index contributed by atoms with van der Waals surface area (Å²) in [6, 6.07) is 0. The van der Waals surface area contributed by atoms with Crippen molar-refractivity contribution in [3.8, 4) is 0 Å². The normalized spacial score (nSPS) is 13.8. The van der Waals surface area contributed by atoms with E-state index in [0.717, 1.165) is 0 Å². The zero-order valence-corrected chi connectivity index (χ0v) is 8.30. The van der Waals surface area contributed by atoms with Gasteiger partial charge in [0, 0.05) is 0 Å². The average molecular weight is 218 g/mol. The molecule has 0 aliphatic heterocycles. The van der Waals surface area contributed by atoms with Gasteiger partial charge in [-0.05, 0) is 12.8 Å². The lowest BCUT2D eigenvalue weighted by Gasteiger charge is -2.30. The Kier molecular flexibility index (Phi) is 4.45. The Balaban J connectivity index is 4.69. The molecule has 7 heteroatoms. The van der Waals surface area contributed by atoms with Crippen LogP contribution >= 0.6 is 7.82 Å². The summed E-state index contributed by atoms with van der Waals surface area (Å²) in [6.07, 6.45) is -3.20. The van der Waals surface area contributed by atoms with Crippen LogP contribution in [0.5, 0.6) is 0 Å². The van der Waals surface area contributed by atoms with Crippen LogP contribution in [0.25, 0.3) is 0 Å². The summed E-state index contributed by atoms with van der Waals surface area (Å²) in [5.41, 5.74) is -2.03. The third-order valence-corrected chi connectivity index (χ3v) is 2.50. The van der Waals surface area contributed by atoms with Crippen molar-refractivity contribution >= 4 is 7.82 Å². The molecule has 0 radical (unpaired) electrons. The van der Waals surface area contributed by atoms with Gasteiger partial charge in [0.25, 0.3) is 6.43 Å². The molecule has 0 rings (SSSR count). The van der Waals surface area contributed by atoms with Gasteiger partial charge in [-0.3, -0.25) is 4.52 Å². The smallest absolute Gasteiger partial charge is 0.303 e. The SMILES string of the molecule is CCC(CC)(OP(=O)(O)O)C(F)F. The van der Waals surface area contributed by atoms with Gasteiger partial charge in [0.05, 0.1) is 0 Å². The Morgan fingerprint density at radius 2 is 1.77 bits per heavy atom. The molecule has 0 heterocycles. The van der Waals surface area contributed by atoms with E-state index >= 15 is 0 Å². The van der Waals surface area contributed by atoms with Crippen LogP contribution in [0.1, 0.15) is 26.7 Å². The predicted octanol–water partition coefficient (Wildman–Crippen LogP) is 1.92. The minimum atomic E-state index is -4.85. The second kappa shape index (κ2) is 4.46. The van der Waals surface area contributed by atoms with Gasteiger partial charge in [0.2, 0.25) is 0 Å². The molecule has 13 heavy (non-hydrogen) atoms. The van der Waals surface area contributed by atoms with E-state index in [4.69, 9.17) is 9.79 Å². The van der Waals surface area contributed by atoms with Crippen LogP contribution in [0.2, 0.25) is 0 Å². The van der Waals surface area contributed by atoms with E-state index < -0.39 is 19.8 Å². The third-order valence-electron chi connectivity index (χ3n) is 1.90. The molecule has 2 N–H and O–H groups in total. The summed E-state index contributed by atoms with van der Waals surface area (Å²) in [4.78, 5) is 16.8. The van der Waals surface area contributed by atoms with Crippen molar-refractivity contribution < 1.29 is 27.7 Å². The molecule has 0 atom stereocenters. The minimum Gasteiger partial charge on any atom is -0.303 e. The van der Waals surface area contributed by atoms with Crippen molar-refractivity contribution in [2.24, 2.45) is 0 Å². The molecule has 0 amide bonds. The number of hydrogen-bond acceptors (Lipinski definition) is 2. The first-order valence-electron chi connectivity index (χ1n) is 3.82. The first kappa shape index (κ1) is 13.0. The number of phosphoric ester groups is 1. The summed E-state index contributed by atoms with van der Waals surface area (Å²) < 4.78 is 39.3. The second-order valence-corrected chi connectivity index (χ2v) is 3.82. The lowest BCUT2D eigenvalue weighted by molar-refractivity contribution is -0.0937. The van der Waals surface area contributed by atoms with Gasteiger partial charge in [-0.1, -0.05) is 13.8 Å². The molecular formula is C6H13F2O4P. The number of halogens is 2.